The standard InChI is InChI=1S/C21H22N2O4/c1-3-26-19-12-16-8-5-4-7-15(16)11-18(19)21(25)23(2)14-20(24)22-13-17-9-6-10-27-17/h4-12H,3,13-14H2,1-2H3,(H,22,24). The summed E-state index contributed by atoms with van der Waals surface area (Å²) in [6, 6.07) is 15.0. The van der Waals surface area contributed by atoms with Crippen LogP contribution in [0.5, 0.6) is 5.75 Å². The van der Waals surface area contributed by atoms with Crippen molar-refractivity contribution in [1.82, 2.24) is 10.2 Å². The third kappa shape index (κ3) is 4.47. The van der Waals surface area contributed by atoms with E-state index in [4.69, 9.17) is 9.15 Å². The highest BCUT2D eigenvalue weighted by atomic mass is 16.5. The van der Waals surface area contributed by atoms with Crippen molar-refractivity contribution in [3.05, 3.63) is 66.1 Å². The Morgan fingerprint density at radius 1 is 1.11 bits per heavy atom. The van der Waals surface area contributed by atoms with E-state index in [9.17, 15) is 9.59 Å². The molecule has 2 amide bonds. The maximum absolute atomic E-state index is 12.9. The van der Waals surface area contributed by atoms with Crippen molar-refractivity contribution in [3.8, 4) is 5.75 Å². The van der Waals surface area contributed by atoms with Gasteiger partial charge in [0.2, 0.25) is 5.91 Å². The molecular formula is C21H22N2O4. The van der Waals surface area contributed by atoms with Crippen LogP contribution in [0.2, 0.25) is 0 Å². The van der Waals surface area contributed by atoms with Crippen LogP contribution in [0.15, 0.2) is 59.2 Å². The topological polar surface area (TPSA) is 71.8 Å². The molecule has 6 nitrogen and oxygen atoms in total. The summed E-state index contributed by atoms with van der Waals surface area (Å²) in [6.07, 6.45) is 1.55. The number of amides is 2. The fraction of sp³-hybridized carbons (Fsp3) is 0.238. The minimum atomic E-state index is -0.266. The number of nitrogens with one attached hydrogen (secondary N) is 1. The third-order valence-corrected chi connectivity index (χ3v) is 4.15. The Labute approximate surface area is 157 Å². The quantitative estimate of drug-likeness (QED) is 0.697. The van der Waals surface area contributed by atoms with Gasteiger partial charge in [0.05, 0.1) is 31.5 Å². The van der Waals surface area contributed by atoms with Crippen LogP contribution >= 0.6 is 0 Å². The van der Waals surface area contributed by atoms with E-state index in [1.54, 1.807) is 31.5 Å². The third-order valence-electron chi connectivity index (χ3n) is 4.15. The number of likely N-dealkylation sites (N-methyl/N-ethyl adjacent to an activating group) is 1. The summed E-state index contributed by atoms with van der Waals surface area (Å²) in [6.45, 7) is 2.55. The lowest BCUT2D eigenvalue weighted by atomic mass is 10.0. The Kier molecular flexibility index (Phi) is 5.76. The zero-order chi connectivity index (χ0) is 19.2. The highest BCUT2D eigenvalue weighted by Crippen LogP contribution is 2.27. The molecule has 3 rings (SSSR count). The van der Waals surface area contributed by atoms with Gasteiger partial charge in [-0.1, -0.05) is 24.3 Å². The SMILES string of the molecule is CCOc1cc2ccccc2cc1C(=O)N(C)CC(=O)NCc1ccco1. The van der Waals surface area contributed by atoms with Crippen LogP contribution in [-0.4, -0.2) is 36.9 Å². The first kappa shape index (κ1) is 18.5. The molecule has 0 aliphatic carbocycles. The van der Waals surface area contributed by atoms with Crippen molar-refractivity contribution >= 4 is 22.6 Å². The molecule has 27 heavy (non-hydrogen) atoms. The lowest BCUT2D eigenvalue weighted by Gasteiger charge is -2.19. The lowest BCUT2D eigenvalue weighted by Crippen LogP contribution is -2.38. The highest BCUT2D eigenvalue weighted by molar-refractivity contribution is 6.02. The first-order valence-electron chi connectivity index (χ1n) is 8.78. The Hall–Kier alpha value is -3.28. The molecule has 0 unspecified atom stereocenters. The lowest BCUT2D eigenvalue weighted by molar-refractivity contribution is -0.121. The van der Waals surface area contributed by atoms with Crippen molar-refractivity contribution in [2.75, 3.05) is 20.2 Å². The smallest absolute Gasteiger partial charge is 0.257 e. The number of furan rings is 1. The summed E-state index contributed by atoms with van der Waals surface area (Å²) in [4.78, 5) is 26.4. The van der Waals surface area contributed by atoms with Crippen molar-refractivity contribution < 1.29 is 18.7 Å². The zero-order valence-electron chi connectivity index (χ0n) is 15.4. The minimum Gasteiger partial charge on any atom is -0.493 e. The van der Waals surface area contributed by atoms with E-state index in [1.807, 2.05) is 37.3 Å². The van der Waals surface area contributed by atoms with Crippen molar-refractivity contribution in [1.29, 1.82) is 0 Å². The molecule has 0 saturated carbocycles. The summed E-state index contributed by atoms with van der Waals surface area (Å²) in [7, 11) is 1.60. The molecule has 0 bridgehead atoms. The van der Waals surface area contributed by atoms with Crippen LogP contribution in [0.4, 0.5) is 0 Å². The second-order valence-corrected chi connectivity index (χ2v) is 6.15. The molecule has 1 heterocycles. The van der Waals surface area contributed by atoms with Gasteiger partial charge in [-0.2, -0.15) is 0 Å². The van der Waals surface area contributed by atoms with Crippen molar-refractivity contribution in [2.24, 2.45) is 0 Å². The summed E-state index contributed by atoms with van der Waals surface area (Å²) in [5, 5.41) is 4.67. The van der Waals surface area contributed by atoms with Gasteiger partial charge in [-0.25, -0.2) is 0 Å². The number of hydrogen-bond donors (Lipinski definition) is 1. The van der Waals surface area contributed by atoms with Gasteiger partial charge in [-0.05, 0) is 42.0 Å². The van der Waals surface area contributed by atoms with Crippen LogP contribution < -0.4 is 10.1 Å². The molecule has 2 aromatic carbocycles. The average Bonchev–Trinajstić information content (AvgIpc) is 3.19. The first-order valence-corrected chi connectivity index (χ1v) is 8.78. The number of hydrogen-bond acceptors (Lipinski definition) is 4. The fourth-order valence-corrected chi connectivity index (χ4v) is 2.81. The fourth-order valence-electron chi connectivity index (χ4n) is 2.81. The summed E-state index contributed by atoms with van der Waals surface area (Å²) >= 11 is 0. The number of carbonyl (C=O) groups is 2. The average molecular weight is 366 g/mol. The second-order valence-electron chi connectivity index (χ2n) is 6.15. The molecule has 3 aromatic rings. The maximum atomic E-state index is 12.9. The molecule has 0 saturated heterocycles. The molecule has 0 aliphatic rings. The minimum absolute atomic E-state index is 0.0576. The molecule has 0 spiro atoms. The van der Waals surface area contributed by atoms with Gasteiger partial charge in [0.25, 0.3) is 5.91 Å². The Balaban J connectivity index is 1.73. The van der Waals surface area contributed by atoms with Crippen LogP contribution in [0.1, 0.15) is 23.0 Å². The monoisotopic (exact) mass is 366 g/mol. The van der Waals surface area contributed by atoms with Gasteiger partial charge in [-0.3, -0.25) is 9.59 Å². The Morgan fingerprint density at radius 3 is 2.52 bits per heavy atom. The molecule has 140 valence electrons. The van der Waals surface area contributed by atoms with E-state index in [2.05, 4.69) is 5.32 Å². The molecular weight excluding hydrogens is 344 g/mol. The van der Waals surface area contributed by atoms with Gasteiger partial charge in [-0.15, -0.1) is 0 Å². The van der Waals surface area contributed by atoms with E-state index in [1.165, 1.54) is 4.90 Å². The summed E-state index contributed by atoms with van der Waals surface area (Å²) in [5.74, 6) is 0.646. The van der Waals surface area contributed by atoms with E-state index in [0.717, 1.165) is 10.8 Å². The normalized spacial score (nSPS) is 10.6. The van der Waals surface area contributed by atoms with Gasteiger partial charge in [0.1, 0.15) is 11.5 Å². The summed E-state index contributed by atoms with van der Waals surface area (Å²) in [5.41, 5.74) is 0.442. The number of fused-ring (bicyclic) bond motifs is 1. The molecule has 1 aromatic heterocycles. The van der Waals surface area contributed by atoms with Gasteiger partial charge < -0.3 is 19.4 Å². The first-order chi connectivity index (χ1) is 13.1. The van der Waals surface area contributed by atoms with E-state index >= 15 is 0 Å². The predicted octanol–water partition coefficient (Wildman–Crippen LogP) is 3.22. The number of nitrogens with zero attached hydrogens (tertiary/aromatic N) is 1. The van der Waals surface area contributed by atoms with E-state index < -0.39 is 0 Å². The van der Waals surface area contributed by atoms with Gasteiger partial charge in [0, 0.05) is 7.05 Å². The van der Waals surface area contributed by atoms with Crippen molar-refractivity contribution in [3.63, 3.8) is 0 Å². The number of rotatable bonds is 7. The van der Waals surface area contributed by atoms with Crippen LogP contribution in [0, 0.1) is 0 Å². The van der Waals surface area contributed by atoms with Crippen LogP contribution in [-0.2, 0) is 11.3 Å². The van der Waals surface area contributed by atoms with Crippen LogP contribution in [0.25, 0.3) is 10.8 Å². The number of ether oxygens (including phenoxy) is 1. The largest absolute Gasteiger partial charge is 0.493 e. The van der Waals surface area contributed by atoms with Gasteiger partial charge >= 0.3 is 0 Å². The molecule has 6 heteroatoms. The number of benzene rings is 2. The molecule has 0 aliphatic heterocycles. The van der Waals surface area contributed by atoms with Crippen molar-refractivity contribution in [2.45, 2.75) is 13.5 Å². The number of carbonyl (C=O) groups excluding carboxylic acids is 2. The molecule has 1 N–H and O–H groups in total. The van der Waals surface area contributed by atoms with Gasteiger partial charge in [0.15, 0.2) is 0 Å². The molecule has 0 fully saturated rings. The molecule has 0 atom stereocenters. The zero-order valence-corrected chi connectivity index (χ0v) is 15.4. The highest BCUT2D eigenvalue weighted by Gasteiger charge is 2.20. The Bertz CT molecular complexity index is 935. The maximum Gasteiger partial charge on any atom is 0.257 e. The summed E-state index contributed by atoms with van der Waals surface area (Å²) < 4.78 is 10.8. The van der Waals surface area contributed by atoms with E-state index in [0.29, 0.717) is 23.7 Å². The molecule has 0 radical (unpaired) electrons. The van der Waals surface area contributed by atoms with Crippen LogP contribution in [0.3, 0.4) is 0 Å². The predicted molar refractivity (Wildman–Crippen MR) is 103 cm³/mol. The van der Waals surface area contributed by atoms with E-state index in [-0.39, 0.29) is 24.9 Å². The Morgan fingerprint density at radius 2 is 1.85 bits per heavy atom. The second kappa shape index (κ2) is 8.40.